The van der Waals surface area contributed by atoms with Gasteiger partial charge in [-0.05, 0) is 12.8 Å². The van der Waals surface area contributed by atoms with E-state index < -0.39 is 0 Å². The number of ether oxygens (including phenoxy) is 1. The van der Waals surface area contributed by atoms with Crippen molar-refractivity contribution in [1.29, 1.82) is 5.26 Å². The molecule has 0 aromatic heterocycles. The lowest BCUT2D eigenvalue weighted by atomic mass is 10.1. The summed E-state index contributed by atoms with van der Waals surface area (Å²) in [7, 11) is 0. The second kappa shape index (κ2) is 2.40. The van der Waals surface area contributed by atoms with Gasteiger partial charge in [0.25, 0.3) is 0 Å². The van der Waals surface area contributed by atoms with E-state index in [0.717, 1.165) is 12.8 Å². The largest absolute Gasteiger partial charge is 0.479 e. The van der Waals surface area contributed by atoms with Gasteiger partial charge >= 0.3 is 0 Å². The number of rotatable bonds is 0. The fourth-order valence-corrected chi connectivity index (χ4v) is 0.752. The van der Waals surface area contributed by atoms with E-state index in [9.17, 15) is 0 Å². The lowest BCUT2D eigenvalue weighted by Gasteiger charge is -2.12. The molecule has 0 spiro atoms. The Morgan fingerprint density at radius 2 is 2.44 bits per heavy atom. The molecule has 0 atom stereocenters. The predicted octanol–water partition coefficient (Wildman–Crippen LogP) is 0.491. The second-order valence-electron chi connectivity index (χ2n) is 1.91. The molecule has 2 N–H and O–H groups in total. The molecule has 0 aromatic carbocycles. The normalized spacial score (nSPS) is 18.6. The van der Waals surface area contributed by atoms with Gasteiger partial charge in [-0.1, -0.05) is 0 Å². The minimum atomic E-state index is 0.309. The van der Waals surface area contributed by atoms with Crippen molar-refractivity contribution in [3.05, 3.63) is 11.5 Å². The third-order valence-corrected chi connectivity index (χ3v) is 1.26. The van der Waals surface area contributed by atoms with E-state index in [2.05, 4.69) is 0 Å². The van der Waals surface area contributed by atoms with Crippen molar-refractivity contribution in [2.24, 2.45) is 5.73 Å². The Bertz CT molecular complexity index is 178. The summed E-state index contributed by atoms with van der Waals surface area (Å²) < 4.78 is 4.92. The number of hydrogen-bond donors (Lipinski definition) is 1. The minimum Gasteiger partial charge on any atom is -0.479 e. The highest BCUT2D eigenvalue weighted by atomic mass is 16.5. The summed E-state index contributed by atoms with van der Waals surface area (Å²) in [6.07, 6.45) is 1.67. The molecule has 0 radical (unpaired) electrons. The minimum absolute atomic E-state index is 0.309. The third kappa shape index (κ3) is 1.14. The van der Waals surface area contributed by atoms with Crippen LogP contribution in [-0.2, 0) is 4.74 Å². The van der Waals surface area contributed by atoms with Crippen LogP contribution in [0.1, 0.15) is 12.8 Å². The molecule has 0 aromatic rings. The molecule has 48 valence electrons. The molecule has 1 aliphatic heterocycles. The van der Waals surface area contributed by atoms with Gasteiger partial charge in [0.15, 0.2) is 5.88 Å². The molecular formula is C6H8N2O. The van der Waals surface area contributed by atoms with Gasteiger partial charge in [-0.25, -0.2) is 0 Å². The first-order chi connectivity index (χ1) is 4.34. The average molecular weight is 124 g/mol. The first-order valence-corrected chi connectivity index (χ1v) is 2.86. The molecular weight excluding hydrogens is 116 g/mol. The van der Waals surface area contributed by atoms with E-state index in [4.69, 9.17) is 15.7 Å². The molecule has 0 fully saturated rings. The van der Waals surface area contributed by atoms with Crippen molar-refractivity contribution in [2.45, 2.75) is 12.8 Å². The van der Waals surface area contributed by atoms with Gasteiger partial charge in [-0.2, -0.15) is 5.26 Å². The van der Waals surface area contributed by atoms with Gasteiger partial charge < -0.3 is 10.5 Å². The fourth-order valence-electron chi connectivity index (χ4n) is 0.752. The predicted molar refractivity (Wildman–Crippen MR) is 32.0 cm³/mol. The summed E-state index contributed by atoms with van der Waals surface area (Å²) in [6.45, 7) is 0.650. The molecule has 0 saturated heterocycles. The van der Waals surface area contributed by atoms with Crippen molar-refractivity contribution >= 4 is 0 Å². The third-order valence-electron chi connectivity index (χ3n) is 1.26. The zero-order chi connectivity index (χ0) is 6.69. The van der Waals surface area contributed by atoms with Gasteiger partial charge in [0.2, 0.25) is 0 Å². The Hall–Kier alpha value is -1.17. The topological polar surface area (TPSA) is 59.0 Å². The van der Waals surface area contributed by atoms with Gasteiger partial charge in [0, 0.05) is 0 Å². The highest BCUT2D eigenvalue weighted by Gasteiger charge is 2.08. The zero-order valence-electron chi connectivity index (χ0n) is 5.05. The maximum atomic E-state index is 8.39. The smallest absolute Gasteiger partial charge is 0.198 e. The van der Waals surface area contributed by atoms with Crippen LogP contribution in [0.2, 0.25) is 0 Å². The van der Waals surface area contributed by atoms with E-state index in [-0.39, 0.29) is 0 Å². The van der Waals surface area contributed by atoms with Crippen LogP contribution in [0.15, 0.2) is 11.5 Å². The van der Waals surface area contributed by atoms with Crippen molar-refractivity contribution < 1.29 is 4.74 Å². The van der Waals surface area contributed by atoms with E-state index in [1.54, 1.807) is 0 Å². The molecule has 0 amide bonds. The number of nitrogens with two attached hydrogens (primary N) is 1. The van der Waals surface area contributed by atoms with Crippen LogP contribution >= 0.6 is 0 Å². The fraction of sp³-hybridized carbons (Fsp3) is 0.500. The van der Waals surface area contributed by atoms with E-state index in [0.29, 0.717) is 18.1 Å². The quantitative estimate of drug-likeness (QED) is 0.511. The SMILES string of the molecule is N#CC1=C(N)OCCC1. The lowest BCUT2D eigenvalue weighted by molar-refractivity contribution is 0.187. The van der Waals surface area contributed by atoms with Crippen LogP contribution < -0.4 is 5.73 Å². The summed E-state index contributed by atoms with van der Waals surface area (Å²) in [5.41, 5.74) is 5.91. The van der Waals surface area contributed by atoms with Crippen molar-refractivity contribution in [2.75, 3.05) is 6.61 Å². The van der Waals surface area contributed by atoms with E-state index in [1.807, 2.05) is 6.07 Å². The Kier molecular flexibility index (Phi) is 1.59. The Labute approximate surface area is 53.7 Å². The van der Waals surface area contributed by atoms with Crippen molar-refractivity contribution in [3.8, 4) is 6.07 Å². The second-order valence-corrected chi connectivity index (χ2v) is 1.91. The molecule has 9 heavy (non-hydrogen) atoms. The molecule has 3 heteroatoms. The van der Waals surface area contributed by atoms with Crippen LogP contribution in [0.5, 0.6) is 0 Å². The summed E-state index contributed by atoms with van der Waals surface area (Å²) in [5, 5.41) is 8.39. The maximum Gasteiger partial charge on any atom is 0.198 e. The molecule has 3 nitrogen and oxygen atoms in total. The van der Waals surface area contributed by atoms with E-state index >= 15 is 0 Å². The van der Waals surface area contributed by atoms with Crippen molar-refractivity contribution in [3.63, 3.8) is 0 Å². The Morgan fingerprint density at radius 1 is 1.67 bits per heavy atom. The zero-order valence-corrected chi connectivity index (χ0v) is 5.05. The lowest BCUT2D eigenvalue weighted by Crippen LogP contribution is -2.12. The number of hydrogen-bond acceptors (Lipinski definition) is 3. The van der Waals surface area contributed by atoms with Gasteiger partial charge in [0.05, 0.1) is 12.2 Å². The molecule has 0 aliphatic carbocycles. The van der Waals surface area contributed by atoms with Crippen LogP contribution in [-0.4, -0.2) is 6.61 Å². The summed E-state index contributed by atoms with van der Waals surface area (Å²) >= 11 is 0. The average Bonchev–Trinajstić information content (AvgIpc) is 1.89. The van der Waals surface area contributed by atoms with Crippen LogP contribution in [0.25, 0.3) is 0 Å². The summed E-state index contributed by atoms with van der Waals surface area (Å²) in [5.74, 6) is 0.309. The summed E-state index contributed by atoms with van der Waals surface area (Å²) in [4.78, 5) is 0. The van der Waals surface area contributed by atoms with Crippen LogP contribution in [0.3, 0.4) is 0 Å². The Morgan fingerprint density at radius 3 is 2.89 bits per heavy atom. The monoisotopic (exact) mass is 124 g/mol. The maximum absolute atomic E-state index is 8.39. The first-order valence-electron chi connectivity index (χ1n) is 2.86. The van der Waals surface area contributed by atoms with Crippen LogP contribution in [0.4, 0.5) is 0 Å². The summed E-state index contributed by atoms with van der Waals surface area (Å²) in [6, 6.07) is 1.98. The number of nitriles is 1. The molecule has 1 aliphatic rings. The Balaban J connectivity index is 2.74. The molecule has 1 rings (SSSR count). The molecule has 0 unspecified atom stereocenters. The highest BCUT2D eigenvalue weighted by molar-refractivity contribution is 5.23. The molecule has 0 saturated carbocycles. The molecule has 1 heterocycles. The standard InChI is InChI=1S/C6H8N2O/c7-4-5-2-1-3-9-6(5)8/h1-3,8H2. The number of nitrogens with zero attached hydrogens (tertiary/aromatic N) is 1. The van der Waals surface area contributed by atoms with E-state index in [1.165, 1.54) is 0 Å². The number of allylic oxidation sites excluding steroid dienone is 1. The van der Waals surface area contributed by atoms with Gasteiger partial charge in [-0.3, -0.25) is 0 Å². The molecule has 0 bridgehead atoms. The van der Waals surface area contributed by atoms with Crippen molar-refractivity contribution in [1.82, 2.24) is 0 Å². The highest BCUT2D eigenvalue weighted by Crippen LogP contribution is 2.13. The van der Waals surface area contributed by atoms with Gasteiger partial charge in [-0.15, -0.1) is 0 Å². The van der Waals surface area contributed by atoms with Crippen LogP contribution in [0, 0.1) is 11.3 Å². The first kappa shape index (κ1) is 5.96. The van der Waals surface area contributed by atoms with Gasteiger partial charge in [0.1, 0.15) is 6.07 Å².